The molecule has 0 N–H and O–H groups in total. The Labute approximate surface area is 122 Å². The summed E-state index contributed by atoms with van der Waals surface area (Å²) in [6.45, 7) is 1.97. The molecule has 100 valence electrons. The second-order valence-electron chi connectivity index (χ2n) is 5.25. The number of nitriles is 1. The Bertz CT molecular complexity index is 687. The van der Waals surface area contributed by atoms with Crippen LogP contribution in [0.1, 0.15) is 43.6 Å². The Hall–Kier alpha value is -1.92. The lowest BCUT2D eigenvalue weighted by atomic mass is 9.94. The number of fused-ring (bicyclic) bond motifs is 1. The maximum atomic E-state index is 12.6. The summed E-state index contributed by atoms with van der Waals surface area (Å²) in [5.74, 6) is -0.744. The Kier molecular flexibility index (Phi) is 3.42. The topological polar surface area (TPSA) is 40.9 Å². The van der Waals surface area contributed by atoms with Gasteiger partial charge in [-0.25, -0.2) is 0 Å². The van der Waals surface area contributed by atoms with E-state index in [0.717, 1.165) is 28.8 Å². The molecule has 0 aliphatic heterocycles. The van der Waals surface area contributed by atoms with E-state index in [1.54, 1.807) is 11.3 Å². The highest BCUT2D eigenvalue weighted by atomic mass is 32.1. The number of aryl methyl sites for hydroxylation is 3. The summed E-state index contributed by atoms with van der Waals surface area (Å²) in [5, 5.41) is 9.38. The highest BCUT2D eigenvalue weighted by molar-refractivity contribution is 7.14. The van der Waals surface area contributed by atoms with Crippen LogP contribution >= 0.6 is 11.3 Å². The first-order valence-corrected chi connectivity index (χ1v) is 7.62. The third-order valence-corrected chi connectivity index (χ3v) is 5.01. The zero-order chi connectivity index (χ0) is 14.1. The molecule has 0 radical (unpaired) electrons. The van der Waals surface area contributed by atoms with Crippen molar-refractivity contribution in [3.8, 4) is 6.07 Å². The van der Waals surface area contributed by atoms with Crippen molar-refractivity contribution in [3.63, 3.8) is 0 Å². The van der Waals surface area contributed by atoms with Crippen LogP contribution in [0.5, 0.6) is 0 Å². The molecule has 1 aromatic carbocycles. The van der Waals surface area contributed by atoms with Crippen LogP contribution in [0.2, 0.25) is 0 Å². The summed E-state index contributed by atoms with van der Waals surface area (Å²) in [5.41, 5.74) is 3.18. The van der Waals surface area contributed by atoms with Crippen LogP contribution in [-0.4, -0.2) is 5.78 Å². The molecule has 0 saturated carbocycles. The van der Waals surface area contributed by atoms with Crippen molar-refractivity contribution in [2.45, 2.75) is 32.1 Å². The summed E-state index contributed by atoms with van der Waals surface area (Å²) in [6, 6.07) is 11.8. The van der Waals surface area contributed by atoms with Crippen molar-refractivity contribution in [1.29, 1.82) is 5.26 Å². The summed E-state index contributed by atoms with van der Waals surface area (Å²) < 4.78 is 0. The molecule has 3 rings (SSSR count). The zero-order valence-corrected chi connectivity index (χ0v) is 12.2. The molecule has 3 heteroatoms. The molecule has 0 bridgehead atoms. The van der Waals surface area contributed by atoms with E-state index < -0.39 is 5.92 Å². The van der Waals surface area contributed by atoms with Gasteiger partial charge in [0.1, 0.15) is 5.92 Å². The zero-order valence-electron chi connectivity index (χ0n) is 11.3. The minimum atomic E-state index is -0.686. The highest BCUT2D eigenvalue weighted by Gasteiger charge is 2.25. The van der Waals surface area contributed by atoms with E-state index >= 15 is 0 Å². The number of carbonyl (C=O) groups is 1. The van der Waals surface area contributed by atoms with Gasteiger partial charge >= 0.3 is 0 Å². The third-order valence-electron chi connectivity index (χ3n) is 3.76. The van der Waals surface area contributed by atoms with E-state index in [-0.39, 0.29) is 5.78 Å². The first-order chi connectivity index (χ1) is 9.69. The smallest absolute Gasteiger partial charge is 0.194 e. The number of Topliss-reactive ketones (excluding diaryl/α,β-unsaturated/α-hetero) is 1. The summed E-state index contributed by atoms with van der Waals surface area (Å²) >= 11 is 1.57. The van der Waals surface area contributed by atoms with Gasteiger partial charge in [-0.15, -0.1) is 11.3 Å². The van der Waals surface area contributed by atoms with Crippen molar-refractivity contribution in [2.24, 2.45) is 0 Å². The highest BCUT2D eigenvalue weighted by Crippen LogP contribution is 2.33. The molecule has 1 heterocycles. The van der Waals surface area contributed by atoms with Gasteiger partial charge in [-0.1, -0.05) is 29.8 Å². The summed E-state index contributed by atoms with van der Waals surface area (Å²) in [4.78, 5) is 14.6. The van der Waals surface area contributed by atoms with Crippen molar-refractivity contribution >= 4 is 17.1 Å². The molecule has 1 aliphatic carbocycles. The first-order valence-electron chi connectivity index (χ1n) is 6.81. The predicted octanol–water partition coefficient (Wildman–Crippen LogP) is 4.04. The van der Waals surface area contributed by atoms with Crippen molar-refractivity contribution in [1.82, 2.24) is 0 Å². The number of benzene rings is 1. The van der Waals surface area contributed by atoms with Gasteiger partial charge in [-0.05, 0) is 43.4 Å². The van der Waals surface area contributed by atoms with Crippen LogP contribution in [0, 0.1) is 18.3 Å². The van der Waals surface area contributed by atoms with Gasteiger partial charge in [-0.3, -0.25) is 4.79 Å². The maximum Gasteiger partial charge on any atom is 0.194 e. The molecular formula is C17H15NOS. The minimum absolute atomic E-state index is 0.0579. The molecule has 1 unspecified atom stereocenters. The average molecular weight is 281 g/mol. The average Bonchev–Trinajstić information content (AvgIpc) is 3.00. The normalized spacial score (nSPS) is 14.6. The molecule has 1 aliphatic rings. The molecule has 2 aromatic rings. The lowest BCUT2D eigenvalue weighted by Gasteiger charge is -2.08. The number of hydrogen-bond donors (Lipinski definition) is 0. The van der Waals surface area contributed by atoms with Crippen molar-refractivity contribution in [2.75, 3.05) is 0 Å². The number of rotatable bonds is 3. The molecule has 0 amide bonds. The fraction of sp³-hybridized carbons (Fsp3) is 0.294. The second kappa shape index (κ2) is 5.22. The minimum Gasteiger partial charge on any atom is -0.291 e. The van der Waals surface area contributed by atoms with E-state index in [4.69, 9.17) is 0 Å². The van der Waals surface area contributed by atoms with Crippen LogP contribution in [0.25, 0.3) is 0 Å². The van der Waals surface area contributed by atoms with E-state index in [2.05, 4.69) is 6.07 Å². The van der Waals surface area contributed by atoms with Crippen molar-refractivity contribution in [3.05, 3.63) is 56.8 Å². The van der Waals surface area contributed by atoms with Crippen LogP contribution in [0.15, 0.2) is 30.3 Å². The molecular weight excluding hydrogens is 266 g/mol. The maximum absolute atomic E-state index is 12.6. The summed E-state index contributed by atoms with van der Waals surface area (Å²) in [6.07, 6.45) is 3.34. The van der Waals surface area contributed by atoms with Crippen LogP contribution in [0.3, 0.4) is 0 Å². The van der Waals surface area contributed by atoms with Gasteiger partial charge in [0.2, 0.25) is 0 Å². The van der Waals surface area contributed by atoms with Gasteiger partial charge in [0.25, 0.3) is 0 Å². The first kappa shape index (κ1) is 13.1. The molecule has 0 spiro atoms. The van der Waals surface area contributed by atoms with Crippen LogP contribution in [-0.2, 0) is 12.8 Å². The van der Waals surface area contributed by atoms with Gasteiger partial charge in [-0.2, -0.15) is 5.26 Å². The Morgan fingerprint density at radius 1 is 1.35 bits per heavy atom. The Morgan fingerprint density at radius 2 is 2.20 bits per heavy atom. The predicted molar refractivity (Wildman–Crippen MR) is 80.2 cm³/mol. The molecule has 0 fully saturated rings. The molecule has 0 saturated heterocycles. The quantitative estimate of drug-likeness (QED) is 0.797. The van der Waals surface area contributed by atoms with Gasteiger partial charge in [0, 0.05) is 4.88 Å². The lowest BCUT2D eigenvalue weighted by Crippen LogP contribution is -2.10. The Morgan fingerprint density at radius 3 is 2.90 bits per heavy atom. The van der Waals surface area contributed by atoms with Gasteiger partial charge in [0.05, 0.1) is 10.9 Å². The number of nitrogens with zero attached hydrogens (tertiary/aromatic N) is 1. The van der Waals surface area contributed by atoms with E-state index in [1.165, 1.54) is 16.9 Å². The molecule has 2 nitrogen and oxygen atoms in total. The van der Waals surface area contributed by atoms with E-state index in [9.17, 15) is 10.1 Å². The van der Waals surface area contributed by atoms with Gasteiger partial charge < -0.3 is 0 Å². The fourth-order valence-electron chi connectivity index (χ4n) is 2.73. The number of ketones is 1. The number of thiophene rings is 1. The van der Waals surface area contributed by atoms with E-state index in [1.807, 2.05) is 37.3 Å². The number of hydrogen-bond acceptors (Lipinski definition) is 3. The lowest BCUT2D eigenvalue weighted by molar-refractivity contribution is 0.0982. The van der Waals surface area contributed by atoms with Crippen LogP contribution < -0.4 is 0 Å². The molecule has 1 aromatic heterocycles. The second-order valence-corrected chi connectivity index (χ2v) is 6.39. The Balaban J connectivity index is 1.93. The largest absolute Gasteiger partial charge is 0.291 e. The van der Waals surface area contributed by atoms with Gasteiger partial charge in [0.15, 0.2) is 5.78 Å². The fourth-order valence-corrected chi connectivity index (χ4v) is 3.95. The summed E-state index contributed by atoms with van der Waals surface area (Å²) in [7, 11) is 0. The standard InChI is InChI=1S/C17H15NOS/c1-11-4-2-5-12(8-11)14(10-18)17(19)16-9-13-6-3-7-15(13)20-16/h2,4-5,8-9,14H,3,6-7H2,1H3. The number of carbonyl (C=O) groups excluding carboxylic acids is 1. The third kappa shape index (κ3) is 2.28. The van der Waals surface area contributed by atoms with E-state index in [0.29, 0.717) is 0 Å². The molecule has 1 atom stereocenters. The molecule has 20 heavy (non-hydrogen) atoms. The van der Waals surface area contributed by atoms with Crippen LogP contribution in [0.4, 0.5) is 0 Å². The SMILES string of the molecule is Cc1cccc(C(C#N)C(=O)c2cc3c(s2)CCC3)c1. The van der Waals surface area contributed by atoms with Crippen molar-refractivity contribution < 1.29 is 4.79 Å². The monoisotopic (exact) mass is 281 g/mol.